The molecule has 1 spiro atoms. The number of fused-ring (bicyclic) bond motifs is 1. The predicted molar refractivity (Wildman–Crippen MR) is 119 cm³/mol. The van der Waals surface area contributed by atoms with Gasteiger partial charge in [0.05, 0.1) is 17.2 Å². The number of rotatable bonds is 3. The number of nitrogens with one attached hydrogen (secondary N) is 1. The molecule has 0 bridgehead atoms. The van der Waals surface area contributed by atoms with Crippen molar-refractivity contribution in [2.45, 2.75) is 83.6 Å². The molecule has 0 saturated carbocycles. The van der Waals surface area contributed by atoms with Crippen LogP contribution in [0, 0.1) is 5.41 Å². The van der Waals surface area contributed by atoms with Crippen molar-refractivity contribution in [1.29, 1.82) is 0 Å². The smallest absolute Gasteiger partial charge is 0.399 e. The lowest BCUT2D eigenvalue weighted by molar-refractivity contribution is -0.154. The van der Waals surface area contributed by atoms with Crippen molar-refractivity contribution in [2.24, 2.45) is 5.41 Å². The van der Waals surface area contributed by atoms with E-state index in [2.05, 4.69) is 56.1 Å². The van der Waals surface area contributed by atoms with Gasteiger partial charge in [-0.05, 0) is 90.0 Å². The molecule has 1 N–H and O–H groups in total. The topological polar surface area (TPSA) is 50.8 Å². The van der Waals surface area contributed by atoms with E-state index >= 15 is 0 Å². The van der Waals surface area contributed by atoms with Crippen molar-refractivity contribution < 1.29 is 14.1 Å². The Hall–Kier alpha value is -1.21. The third-order valence-electron chi connectivity index (χ3n) is 8.53. The Morgan fingerprint density at radius 2 is 1.80 bits per heavy atom. The lowest BCUT2D eigenvalue weighted by Crippen LogP contribution is -2.69. The molecule has 3 saturated heterocycles. The Morgan fingerprint density at radius 3 is 2.43 bits per heavy atom. The van der Waals surface area contributed by atoms with E-state index in [1.165, 1.54) is 11.1 Å². The van der Waals surface area contributed by atoms with Crippen LogP contribution in [-0.4, -0.2) is 54.7 Å². The Balaban J connectivity index is 1.37. The van der Waals surface area contributed by atoms with Crippen LogP contribution in [-0.2, 0) is 20.5 Å². The molecule has 2 atom stereocenters. The Bertz CT molecular complexity index is 846. The molecular weight excluding hydrogens is 375 g/mol. The number of hydrogen-bond donors (Lipinski definition) is 1. The molecule has 30 heavy (non-hydrogen) atoms. The summed E-state index contributed by atoms with van der Waals surface area (Å²) in [6.45, 7) is 13.3. The third kappa shape index (κ3) is 3.02. The van der Waals surface area contributed by atoms with Gasteiger partial charge in [0.15, 0.2) is 0 Å². The maximum Gasteiger partial charge on any atom is 0.494 e. The van der Waals surface area contributed by atoms with Gasteiger partial charge in [-0.1, -0.05) is 18.2 Å². The van der Waals surface area contributed by atoms with Crippen molar-refractivity contribution in [2.75, 3.05) is 19.6 Å². The van der Waals surface area contributed by atoms with Crippen LogP contribution in [0.2, 0.25) is 0 Å². The number of aryl methyl sites for hydroxylation is 1. The molecule has 1 aromatic rings. The molecule has 0 aromatic heterocycles. The summed E-state index contributed by atoms with van der Waals surface area (Å²) in [6, 6.07) is 7.15. The average molecular weight is 410 g/mol. The second-order valence-electron chi connectivity index (χ2n) is 10.9. The zero-order chi connectivity index (χ0) is 21.3. The molecule has 1 aromatic carbocycles. The average Bonchev–Trinajstić information content (AvgIpc) is 3.17. The number of benzene rings is 1. The fourth-order valence-corrected chi connectivity index (χ4v) is 6.18. The van der Waals surface area contributed by atoms with E-state index in [0.29, 0.717) is 11.8 Å². The summed E-state index contributed by atoms with van der Waals surface area (Å²) in [7, 11) is -0.314. The Morgan fingerprint density at radius 1 is 1.13 bits per heavy atom. The lowest BCUT2D eigenvalue weighted by atomic mass is 9.63. The molecule has 162 valence electrons. The van der Waals surface area contributed by atoms with Crippen molar-refractivity contribution in [3.8, 4) is 0 Å². The minimum atomic E-state index is -0.325. The number of carbonyl (C=O) groups is 1. The SMILES string of the molecule is CC(=O)C1N(C2CCc3cc(B4OC(C)(C)C(C)(C)O4)ccc32)CC12CCNCC2. The quantitative estimate of drug-likeness (QED) is 0.777. The molecule has 1 aliphatic carbocycles. The number of ketones is 1. The van der Waals surface area contributed by atoms with E-state index in [1.807, 2.05) is 0 Å². The Kier molecular flexibility index (Phi) is 4.75. The first kappa shape index (κ1) is 20.7. The highest BCUT2D eigenvalue weighted by atomic mass is 16.7. The summed E-state index contributed by atoms with van der Waals surface area (Å²) < 4.78 is 12.5. The van der Waals surface area contributed by atoms with E-state index in [-0.39, 0.29) is 29.8 Å². The standard InChI is InChI=1S/C24H35BN2O3/c1-16(28)21-24(10-12-26-13-11-24)15-27(21)20-9-6-17-14-18(7-8-19(17)20)25-29-22(2,3)23(4,5)30-25/h7-8,14,20-21,26H,6,9-13,15H2,1-5H3. The summed E-state index contributed by atoms with van der Waals surface area (Å²) in [4.78, 5) is 15.1. The van der Waals surface area contributed by atoms with Gasteiger partial charge in [0.25, 0.3) is 0 Å². The van der Waals surface area contributed by atoms with Crippen molar-refractivity contribution in [3.05, 3.63) is 29.3 Å². The zero-order valence-electron chi connectivity index (χ0n) is 19.1. The largest absolute Gasteiger partial charge is 0.494 e. The first-order valence-electron chi connectivity index (χ1n) is 11.6. The molecular formula is C24H35BN2O3. The van der Waals surface area contributed by atoms with E-state index < -0.39 is 0 Å². The molecule has 5 rings (SSSR count). The monoisotopic (exact) mass is 410 g/mol. The molecule has 0 radical (unpaired) electrons. The summed E-state index contributed by atoms with van der Waals surface area (Å²) in [6.07, 6.45) is 4.39. The van der Waals surface area contributed by atoms with Crippen molar-refractivity contribution >= 4 is 18.4 Å². The normalized spacial score (nSPS) is 31.6. The lowest BCUT2D eigenvalue weighted by Gasteiger charge is -2.60. The first-order chi connectivity index (χ1) is 14.1. The summed E-state index contributed by atoms with van der Waals surface area (Å²) in [5, 5.41) is 3.46. The number of Topliss-reactive ketones (excluding diaryl/α,β-unsaturated/α-hetero) is 1. The fraction of sp³-hybridized carbons (Fsp3) is 0.708. The molecule has 6 heteroatoms. The molecule has 3 heterocycles. The van der Waals surface area contributed by atoms with Crippen LogP contribution in [0.15, 0.2) is 18.2 Å². The maximum atomic E-state index is 12.6. The Labute approximate surface area is 181 Å². The molecule has 0 amide bonds. The van der Waals surface area contributed by atoms with Crippen LogP contribution < -0.4 is 10.8 Å². The van der Waals surface area contributed by atoms with Gasteiger partial charge in [0.2, 0.25) is 0 Å². The predicted octanol–water partition coefficient (Wildman–Crippen LogP) is 2.62. The molecule has 2 unspecified atom stereocenters. The summed E-state index contributed by atoms with van der Waals surface area (Å²) in [5.41, 5.74) is 3.44. The number of nitrogens with zero attached hydrogens (tertiary/aromatic N) is 1. The maximum absolute atomic E-state index is 12.6. The van der Waals surface area contributed by atoms with Crippen molar-refractivity contribution in [1.82, 2.24) is 10.2 Å². The minimum Gasteiger partial charge on any atom is -0.399 e. The van der Waals surface area contributed by atoms with Gasteiger partial charge in [-0.2, -0.15) is 0 Å². The summed E-state index contributed by atoms with van der Waals surface area (Å²) in [5.74, 6) is 0.338. The van der Waals surface area contributed by atoms with Gasteiger partial charge in [-0.15, -0.1) is 0 Å². The number of carbonyl (C=O) groups excluding carboxylic acids is 1. The van der Waals surface area contributed by atoms with Gasteiger partial charge in [0.1, 0.15) is 5.78 Å². The highest BCUT2D eigenvalue weighted by Gasteiger charge is 2.57. The van der Waals surface area contributed by atoms with Crippen LogP contribution >= 0.6 is 0 Å². The van der Waals surface area contributed by atoms with Gasteiger partial charge < -0.3 is 14.6 Å². The van der Waals surface area contributed by atoms with Crippen LogP contribution in [0.4, 0.5) is 0 Å². The van der Waals surface area contributed by atoms with Crippen LogP contribution in [0.5, 0.6) is 0 Å². The third-order valence-corrected chi connectivity index (χ3v) is 8.53. The summed E-state index contributed by atoms with van der Waals surface area (Å²) >= 11 is 0. The minimum absolute atomic E-state index is 0.0818. The van der Waals surface area contributed by atoms with Gasteiger partial charge in [-0.3, -0.25) is 9.69 Å². The molecule has 5 nitrogen and oxygen atoms in total. The van der Waals surface area contributed by atoms with E-state index in [1.54, 1.807) is 6.92 Å². The molecule has 3 aliphatic heterocycles. The zero-order valence-corrected chi connectivity index (χ0v) is 19.1. The van der Waals surface area contributed by atoms with E-state index in [9.17, 15) is 4.79 Å². The van der Waals surface area contributed by atoms with Gasteiger partial charge in [0, 0.05) is 18.0 Å². The number of piperidine rings is 1. The van der Waals surface area contributed by atoms with Gasteiger partial charge >= 0.3 is 7.12 Å². The second-order valence-corrected chi connectivity index (χ2v) is 10.9. The van der Waals surface area contributed by atoms with Crippen LogP contribution in [0.1, 0.15) is 71.0 Å². The fourth-order valence-electron chi connectivity index (χ4n) is 6.18. The van der Waals surface area contributed by atoms with Gasteiger partial charge in [-0.25, -0.2) is 0 Å². The number of hydrogen-bond acceptors (Lipinski definition) is 5. The molecule has 3 fully saturated rings. The second kappa shape index (κ2) is 6.90. The molecule has 4 aliphatic rings. The highest BCUT2D eigenvalue weighted by molar-refractivity contribution is 6.62. The van der Waals surface area contributed by atoms with Crippen LogP contribution in [0.25, 0.3) is 0 Å². The van der Waals surface area contributed by atoms with E-state index in [0.717, 1.165) is 50.8 Å². The first-order valence-corrected chi connectivity index (χ1v) is 11.6. The van der Waals surface area contributed by atoms with E-state index in [4.69, 9.17) is 9.31 Å². The van der Waals surface area contributed by atoms with Crippen LogP contribution in [0.3, 0.4) is 0 Å². The number of likely N-dealkylation sites (tertiary alicyclic amines) is 1. The highest BCUT2D eigenvalue weighted by Crippen LogP contribution is 2.51. The van der Waals surface area contributed by atoms with Crippen molar-refractivity contribution in [3.63, 3.8) is 0 Å².